The van der Waals surface area contributed by atoms with Gasteiger partial charge in [0.1, 0.15) is 0 Å². The first-order valence-corrected chi connectivity index (χ1v) is 5.94. The summed E-state index contributed by atoms with van der Waals surface area (Å²) in [5, 5.41) is 15.7. The summed E-state index contributed by atoms with van der Waals surface area (Å²) in [6.45, 7) is 2.06. The molecule has 0 aliphatic carbocycles. The zero-order valence-electron chi connectivity index (χ0n) is 11.0. The SMILES string of the molecule is CC(=O)NCCNC(=O)C=Cc1cccc([N+](=O)[O-])c1. The third kappa shape index (κ3) is 5.76. The van der Waals surface area contributed by atoms with Gasteiger partial charge in [0.25, 0.3) is 5.69 Å². The topological polar surface area (TPSA) is 101 Å². The Morgan fingerprint density at radius 1 is 1.30 bits per heavy atom. The molecule has 7 nitrogen and oxygen atoms in total. The van der Waals surface area contributed by atoms with Gasteiger partial charge in [0, 0.05) is 38.2 Å². The molecule has 0 heterocycles. The molecule has 2 amide bonds. The quantitative estimate of drug-likeness (QED) is 0.348. The maximum atomic E-state index is 11.4. The van der Waals surface area contributed by atoms with Crippen LogP contribution in [0.25, 0.3) is 6.08 Å². The highest BCUT2D eigenvalue weighted by Crippen LogP contribution is 2.13. The molecule has 0 spiro atoms. The van der Waals surface area contributed by atoms with Crippen molar-refractivity contribution < 1.29 is 14.5 Å². The highest BCUT2D eigenvalue weighted by molar-refractivity contribution is 5.91. The number of benzene rings is 1. The second kappa shape index (κ2) is 7.67. The van der Waals surface area contributed by atoms with Crippen molar-refractivity contribution in [1.29, 1.82) is 0 Å². The van der Waals surface area contributed by atoms with Crippen molar-refractivity contribution in [2.45, 2.75) is 6.92 Å². The van der Waals surface area contributed by atoms with Crippen LogP contribution in [0.5, 0.6) is 0 Å². The van der Waals surface area contributed by atoms with E-state index in [1.165, 1.54) is 31.2 Å². The predicted octanol–water partition coefficient (Wildman–Crippen LogP) is 0.860. The molecule has 0 bridgehead atoms. The van der Waals surface area contributed by atoms with Crippen molar-refractivity contribution in [3.05, 3.63) is 46.0 Å². The van der Waals surface area contributed by atoms with Crippen LogP contribution in [-0.2, 0) is 9.59 Å². The first-order valence-electron chi connectivity index (χ1n) is 5.94. The molecule has 0 unspecified atom stereocenters. The van der Waals surface area contributed by atoms with Gasteiger partial charge >= 0.3 is 0 Å². The van der Waals surface area contributed by atoms with E-state index in [0.29, 0.717) is 18.7 Å². The number of carbonyl (C=O) groups excluding carboxylic acids is 2. The molecule has 1 aromatic carbocycles. The van der Waals surface area contributed by atoms with Crippen molar-refractivity contribution in [3.8, 4) is 0 Å². The lowest BCUT2D eigenvalue weighted by atomic mass is 10.2. The molecule has 1 aromatic rings. The van der Waals surface area contributed by atoms with Gasteiger partial charge in [0.2, 0.25) is 11.8 Å². The van der Waals surface area contributed by atoms with Crippen LogP contribution in [0.4, 0.5) is 5.69 Å². The molecule has 0 fully saturated rings. The molecule has 0 atom stereocenters. The summed E-state index contributed by atoms with van der Waals surface area (Å²) in [5.74, 6) is -0.492. The Bertz CT molecular complexity index is 540. The third-order valence-corrected chi connectivity index (χ3v) is 2.31. The number of nitrogens with zero attached hydrogens (tertiary/aromatic N) is 1. The van der Waals surface area contributed by atoms with Crippen LogP contribution >= 0.6 is 0 Å². The van der Waals surface area contributed by atoms with Crippen molar-refractivity contribution in [2.75, 3.05) is 13.1 Å². The van der Waals surface area contributed by atoms with Gasteiger partial charge in [-0.3, -0.25) is 19.7 Å². The summed E-state index contributed by atoms with van der Waals surface area (Å²) in [6.07, 6.45) is 2.77. The van der Waals surface area contributed by atoms with Gasteiger partial charge in [-0.1, -0.05) is 12.1 Å². The van der Waals surface area contributed by atoms with Gasteiger partial charge in [-0.25, -0.2) is 0 Å². The van der Waals surface area contributed by atoms with E-state index < -0.39 is 4.92 Å². The fourth-order valence-electron chi connectivity index (χ4n) is 1.40. The Morgan fingerprint density at radius 3 is 2.65 bits per heavy atom. The molecule has 0 radical (unpaired) electrons. The number of rotatable bonds is 6. The van der Waals surface area contributed by atoms with Crippen molar-refractivity contribution in [2.24, 2.45) is 0 Å². The zero-order valence-corrected chi connectivity index (χ0v) is 11.0. The van der Waals surface area contributed by atoms with E-state index in [1.54, 1.807) is 12.1 Å². The Morgan fingerprint density at radius 2 is 2.00 bits per heavy atom. The van der Waals surface area contributed by atoms with Gasteiger partial charge < -0.3 is 10.6 Å². The van der Waals surface area contributed by atoms with Gasteiger partial charge in [-0.2, -0.15) is 0 Å². The van der Waals surface area contributed by atoms with Crippen LogP contribution in [0.1, 0.15) is 12.5 Å². The standard InChI is InChI=1S/C13H15N3O4/c1-10(17)14-7-8-15-13(18)6-5-11-3-2-4-12(9-11)16(19)20/h2-6,9H,7-8H2,1H3,(H,14,17)(H,15,18). The lowest BCUT2D eigenvalue weighted by molar-refractivity contribution is -0.384. The molecule has 106 valence electrons. The number of hydrogen-bond donors (Lipinski definition) is 2. The highest BCUT2D eigenvalue weighted by atomic mass is 16.6. The van der Waals surface area contributed by atoms with E-state index in [4.69, 9.17) is 0 Å². The van der Waals surface area contributed by atoms with Crippen LogP contribution < -0.4 is 10.6 Å². The number of carbonyl (C=O) groups is 2. The number of non-ortho nitro benzene ring substituents is 1. The Hall–Kier alpha value is -2.70. The van der Waals surface area contributed by atoms with Gasteiger partial charge in [0.15, 0.2) is 0 Å². The van der Waals surface area contributed by atoms with Crippen molar-refractivity contribution in [3.63, 3.8) is 0 Å². The van der Waals surface area contributed by atoms with Gasteiger partial charge in [0.05, 0.1) is 4.92 Å². The number of amides is 2. The largest absolute Gasteiger partial charge is 0.355 e. The first kappa shape index (κ1) is 15.4. The summed E-state index contributed by atoms with van der Waals surface area (Å²) in [4.78, 5) is 32.1. The molecule has 20 heavy (non-hydrogen) atoms. The van der Waals surface area contributed by atoms with Crippen LogP contribution in [-0.4, -0.2) is 29.8 Å². The van der Waals surface area contributed by atoms with Crippen LogP contribution in [0, 0.1) is 10.1 Å². The van der Waals surface area contributed by atoms with Crippen LogP contribution in [0.2, 0.25) is 0 Å². The number of hydrogen-bond acceptors (Lipinski definition) is 4. The van der Waals surface area contributed by atoms with Crippen molar-refractivity contribution in [1.82, 2.24) is 10.6 Å². The Labute approximate surface area is 115 Å². The summed E-state index contributed by atoms with van der Waals surface area (Å²) in [6, 6.07) is 5.96. The summed E-state index contributed by atoms with van der Waals surface area (Å²) in [7, 11) is 0. The van der Waals surface area contributed by atoms with Crippen LogP contribution in [0.15, 0.2) is 30.3 Å². The van der Waals surface area contributed by atoms with E-state index in [1.807, 2.05) is 0 Å². The molecule has 7 heteroatoms. The molecular formula is C13H15N3O4. The summed E-state index contributed by atoms with van der Waals surface area (Å²) < 4.78 is 0. The molecule has 1 rings (SSSR count). The molecule has 0 aliphatic heterocycles. The van der Waals surface area contributed by atoms with Crippen molar-refractivity contribution >= 4 is 23.6 Å². The fraction of sp³-hybridized carbons (Fsp3) is 0.231. The second-order valence-electron chi connectivity index (χ2n) is 3.96. The average Bonchev–Trinajstić information content (AvgIpc) is 2.41. The number of nitrogens with one attached hydrogen (secondary N) is 2. The minimum atomic E-state index is -0.495. The average molecular weight is 277 g/mol. The number of nitro benzene ring substituents is 1. The van der Waals surface area contributed by atoms with E-state index in [0.717, 1.165) is 0 Å². The smallest absolute Gasteiger partial charge is 0.270 e. The third-order valence-electron chi connectivity index (χ3n) is 2.31. The fourth-order valence-corrected chi connectivity index (χ4v) is 1.40. The van der Waals surface area contributed by atoms with E-state index in [9.17, 15) is 19.7 Å². The molecule has 0 saturated heterocycles. The molecule has 0 saturated carbocycles. The Balaban J connectivity index is 2.46. The maximum absolute atomic E-state index is 11.4. The minimum absolute atomic E-state index is 0.0294. The molecule has 2 N–H and O–H groups in total. The predicted molar refractivity (Wildman–Crippen MR) is 73.8 cm³/mol. The van der Waals surface area contributed by atoms with E-state index in [-0.39, 0.29) is 17.5 Å². The lowest BCUT2D eigenvalue weighted by Gasteiger charge is -2.02. The van der Waals surface area contributed by atoms with Gasteiger partial charge in [-0.15, -0.1) is 0 Å². The second-order valence-corrected chi connectivity index (χ2v) is 3.96. The minimum Gasteiger partial charge on any atom is -0.355 e. The molecule has 0 aliphatic rings. The lowest BCUT2D eigenvalue weighted by Crippen LogP contribution is -2.32. The molecular weight excluding hydrogens is 262 g/mol. The molecule has 0 aromatic heterocycles. The monoisotopic (exact) mass is 277 g/mol. The maximum Gasteiger partial charge on any atom is 0.270 e. The highest BCUT2D eigenvalue weighted by Gasteiger charge is 2.04. The summed E-state index contributed by atoms with van der Waals surface area (Å²) >= 11 is 0. The zero-order chi connectivity index (χ0) is 15.0. The summed E-state index contributed by atoms with van der Waals surface area (Å²) in [5.41, 5.74) is 0.537. The van der Waals surface area contributed by atoms with Crippen LogP contribution in [0.3, 0.4) is 0 Å². The van der Waals surface area contributed by atoms with E-state index >= 15 is 0 Å². The number of nitro groups is 1. The Kier molecular flexibility index (Phi) is 5.89. The van der Waals surface area contributed by atoms with Gasteiger partial charge in [-0.05, 0) is 11.6 Å². The normalized spacial score (nSPS) is 10.2. The van der Waals surface area contributed by atoms with E-state index in [2.05, 4.69) is 10.6 Å². The first-order chi connectivity index (χ1) is 9.49.